The van der Waals surface area contributed by atoms with Gasteiger partial charge in [-0.3, -0.25) is 0 Å². The molecule has 18 heavy (non-hydrogen) atoms. The molecule has 0 bridgehead atoms. The molecule has 1 heteroatoms. The molecule has 0 amide bonds. The van der Waals surface area contributed by atoms with Crippen LogP contribution in [0.2, 0.25) is 0 Å². The zero-order valence-electron chi connectivity index (χ0n) is 11.1. The number of aliphatic hydroxyl groups excluding tert-OH is 1. The summed E-state index contributed by atoms with van der Waals surface area (Å²) in [5, 5.41) is 10.5. The van der Waals surface area contributed by atoms with Gasteiger partial charge in [0, 0.05) is 0 Å². The van der Waals surface area contributed by atoms with Crippen LogP contribution in [0.25, 0.3) is 5.57 Å². The first-order valence-corrected chi connectivity index (χ1v) is 6.54. The molecule has 1 unspecified atom stereocenters. The minimum absolute atomic E-state index is 0.528. The van der Waals surface area contributed by atoms with E-state index in [1.54, 1.807) is 0 Å². The number of hydrogen-bond acceptors (Lipinski definition) is 1. The molecule has 1 aromatic rings. The molecule has 0 heterocycles. The van der Waals surface area contributed by atoms with Gasteiger partial charge in [0.2, 0.25) is 0 Å². The van der Waals surface area contributed by atoms with Crippen LogP contribution < -0.4 is 0 Å². The summed E-state index contributed by atoms with van der Waals surface area (Å²) in [5.41, 5.74) is 5.14. The van der Waals surface area contributed by atoms with E-state index in [9.17, 15) is 5.11 Å². The fourth-order valence-electron chi connectivity index (χ4n) is 2.49. The van der Waals surface area contributed by atoms with Crippen molar-refractivity contribution in [2.24, 2.45) is 0 Å². The minimum atomic E-state index is -0.528. The molecule has 94 valence electrons. The lowest BCUT2D eigenvalue weighted by Gasteiger charge is -2.29. The van der Waals surface area contributed by atoms with Crippen LogP contribution in [0, 0.1) is 0 Å². The van der Waals surface area contributed by atoms with Gasteiger partial charge in [0.05, 0.1) is 0 Å². The van der Waals surface area contributed by atoms with Crippen LogP contribution in [-0.2, 0) is 0 Å². The highest BCUT2D eigenvalue weighted by molar-refractivity contribution is 5.87. The van der Waals surface area contributed by atoms with E-state index in [4.69, 9.17) is 0 Å². The standard InChI is InChI=1S/C17H20O/c1-4-6-9-14-12(3)15-10-7-8-11-16(15)17(18)13(14)5-2/h5,7-11,17-18H,3-4,6H2,1-2H3/b13-5+,14-9-. The maximum Gasteiger partial charge on any atom is 0.105 e. The molecule has 0 spiro atoms. The molecule has 2 rings (SSSR count). The van der Waals surface area contributed by atoms with Crippen LogP contribution in [0.4, 0.5) is 0 Å². The van der Waals surface area contributed by atoms with E-state index in [1.807, 2.05) is 37.3 Å². The highest BCUT2D eigenvalue weighted by Gasteiger charge is 2.27. The molecular weight excluding hydrogens is 220 g/mol. The summed E-state index contributed by atoms with van der Waals surface area (Å²) in [5.74, 6) is 0. The smallest absolute Gasteiger partial charge is 0.105 e. The molecule has 0 saturated carbocycles. The molecule has 1 atom stereocenters. The molecular formula is C17H20O. The van der Waals surface area contributed by atoms with E-state index < -0.39 is 6.10 Å². The Bertz CT molecular complexity index is 520. The van der Waals surface area contributed by atoms with Crippen LogP contribution in [0.15, 0.2) is 54.1 Å². The van der Waals surface area contributed by atoms with Gasteiger partial charge in [-0.25, -0.2) is 0 Å². The van der Waals surface area contributed by atoms with Crippen LogP contribution >= 0.6 is 0 Å². The third-order valence-corrected chi connectivity index (χ3v) is 3.46. The average Bonchev–Trinajstić information content (AvgIpc) is 2.41. The fraction of sp³-hybridized carbons (Fsp3) is 0.294. The lowest BCUT2D eigenvalue weighted by molar-refractivity contribution is 0.216. The zero-order chi connectivity index (χ0) is 13.1. The second-order valence-electron chi connectivity index (χ2n) is 4.62. The monoisotopic (exact) mass is 240 g/mol. The summed E-state index contributed by atoms with van der Waals surface area (Å²) in [7, 11) is 0. The summed E-state index contributed by atoms with van der Waals surface area (Å²) >= 11 is 0. The Morgan fingerprint density at radius 1 is 1.33 bits per heavy atom. The molecule has 0 radical (unpaired) electrons. The fourth-order valence-corrected chi connectivity index (χ4v) is 2.49. The molecule has 0 aliphatic heterocycles. The van der Waals surface area contributed by atoms with Gasteiger partial charge in [0.15, 0.2) is 0 Å². The van der Waals surface area contributed by atoms with Crippen molar-refractivity contribution >= 4 is 5.57 Å². The summed E-state index contributed by atoms with van der Waals surface area (Å²) in [4.78, 5) is 0. The largest absolute Gasteiger partial charge is 0.384 e. The quantitative estimate of drug-likeness (QED) is 0.811. The maximum absolute atomic E-state index is 10.5. The van der Waals surface area contributed by atoms with Crippen molar-refractivity contribution in [3.05, 3.63) is 65.3 Å². The van der Waals surface area contributed by atoms with Crippen LogP contribution in [0.3, 0.4) is 0 Å². The first kappa shape index (κ1) is 12.8. The Morgan fingerprint density at radius 3 is 2.72 bits per heavy atom. The Morgan fingerprint density at radius 2 is 2.06 bits per heavy atom. The molecule has 1 aromatic carbocycles. The van der Waals surface area contributed by atoms with Gasteiger partial charge in [-0.15, -0.1) is 0 Å². The highest BCUT2D eigenvalue weighted by Crippen LogP contribution is 2.43. The Balaban J connectivity index is 2.56. The van der Waals surface area contributed by atoms with Crippen molar-refractivity contribution in [1.29, 1.82) is 0 Å². The topological polar surface area (TPSA) is 20.2 Å². The lowest BCUT2D eigenvalue weighted by atomic mass is 9.78. The second-order valence-corrected chi connectivity index (χ2v) is 4.62. The van der Waals surface area contributed by atoms with Gasteiger partial charge < -0.3 is 5.11 Å². The van der Waals surface area contributed by atoms with Gasteiger partial charge in [-0.1, -0.05) is 56.3 Å². The minimum Gasteiger partial charge on any atom is -0.384 e. The van der Waals surface area contributed by atoms with Gasteiger partial charge in [-0.05, 0) is 41.2 Å². The summed E-state index contributed by atoms with van der Waals surface area (Å²) in [6.45, 7) is 8.33. The van der Waals surface area contributed by atoms with Gasteiger partial charge in [0.1, 0.15) is 6.10 Å². The van der Waals surface area contributed by atoms with Crippen molar-refractivity contribution in [3.63, 3.8) is 0 Å². The highest BCUT2D eigenvalue weighted by atomic mass is 16.3. The molecule has 1 nitrogen and oxygen atoms in total. The van der Waals surface area contributed by atoms with Crippen LogP contribution in [0.1, 0.15) is 43.9 Å². The molecule has 1 N–H and O–H groups in total. The van der Waals surface area contributed by atoms with Gasteiger partial charge in [-0.2, -0.15) is 0 Å². The number of rotatable bonds is 2. The molecule has 0 aromatic heterocycles. The maximum atomic E-state index is 10.5. The first-order valence-electron chi connectivity index (χ1n) is 6.54. The second kappa shape index (κ2) is 5.36. The summed E-state index contributed by atoms with van der Waals surface area (Å²) in [6.07, 6.45) is 5.77. The van der Waals surface area contributed by atoms with E-state index in [-0.39, 0.29) is 0 Å². The molecule has 1 aliphatic rings. The van der Waals surface area contributed by atoms with E-state index in [0.29, 0.717) is 0 Å². The predicted molar refractivity (Wildman–Crippen MR) is 77.2 cm³/mol. The van der Waals surface area contributed by atoms with Crippen molar-refractivity contribution in [1.82, 2.24) is 0 Å². The summed E-state index contributed by atoms with van der Waals surface area (Å²) in [6, 6.07) is 7.97. The third-order valence-electron chi connectivity index (χ3n) is 3.46. The number of hydrogen-bond donors (Lipinski definition) is 1. The van der Waals surface area contributed by atoms with Crippen LogP contribution in [-0.4, -0.2) is 5.11 Å². The Kier molecular flexibility index (Phi) is 3.83. The van der Waals surface area contributed by atoms with Crippen molar-refractivity contribution in [2.45, 2.75) is 32.8 Å². The first-order chi connectivity index (χ1) is 8.70. The number of allylic oxidation sites excluding steroid dienone is 3. The van der Waals surface area contributed by atoms with Crippen LogP contribution in [0.5, 0.6) is 0 Å². The lowest BCUT2D eigenvalue weighted by Crippen LogP contribution is -2.13. The molecule has 0 saturated heterocycles. The number of aliphatic hydroxyl groups is 1. The van der Waals surface area contributed by atoms with Gasteiger partial charge in [0.25, 0.3) is 0 Å². The average molecular weight is 240 g/mol. The van der Waals surface area contributed by atoms with Crippen molar-refractivity contribution < 1.29 is 5.11 Å². The zero-order valence-corrected chi connectivity index (χ0v) is 11.1. The number of fused-ring (bicyclic) bond motifs is 1. The Hall–Kier alpha value is -1.60. The molecule has 1 aliphatic carbocycles. The Labute approximate surface area is 109 Å². The van der Waals surface area contributed by atoms with E-state index in [1.165, 1.54) is 0 Å². The van der Waals surface area contributed by atoms with E-state index in [2.05, 4.69) is 19.6 Å². The van der Waals surface area contributed by atoms with Crippen molar-refractivity contribution in [2.75, 3.05) is 0 Å². The van der Waals surface area contributed by atoms with E-state index in [0.717, 1.165) is 40.7 Å². The van der Waals surface area contributed by atoms with Crippen molar-refractivity contribution in [3.8, 4) is 0 Å². The molecule has 0 fully saturated rings. The SMILES string of the molecule is C=C1C(=C/CCC)/C(=C\C)C(O)c2ccccc21. The number of benzene rings is 1. The third kappa shape index (κ3) is 2.06. The number of unbranched alkanes of at least 4 members (excludes halogenated alkanes) is 1. The van der Waals surface area contributed by atoms with Gasteiger partial charge >= 0.3 is 0 Å². The summed E-state index contributed by atoms with van der Waals surface area (Å²) < 4.78 is 0. The normalized spacial score (nSPS) is 23.5. The van der Waals surface area contributed by atoms with E-state index >= 15 is 0 Å². The predicted octanol–water partition coefficient (Wildman–Crippen LogP) is 4.42.